The number of hydrogen-bond acceptors (Lipinski definition) is 9. The number of aromatic nitrogens is 2. The minimum absolute atomic E-state index is 0.0778. The molecule has 1 saturated carbocycles. The van der Waals surface area contributed by atoms with Crippen molar-refractivity contribution in [1.82, 2.24) is 9.97 Å². The summed E-state index contributed by atoms with van der Waals surface area (Å²) in [6.07, 6.45) is 7.25. The second-order valence-electron chi connectivity index (χ2n) is 6.84. The fourth-order valence-electron chi connectivity index (χ4n) is 2.83. The summed E-state index contributed by atoms with van der Waals surface area (Å²) in [6.45, 7) is 0.476. The molecule has 1 aliphatic carbocycles. The van der Waals surface area contributed by atoms with Gasteiger partial charge in [-0.15, -0.1) is 0 Å². The molecule has 1 unspecified atom stereocenters. The Morgan fingerprint density at radius 2 is 2.17 bits per heavy atom. The van der Waals surface area contributed by atoms with Crippen molar-refractivity contribution < 1.29 is 4.79 Å². The standard InChI is InChI=1S/C19H25N9O/c20-6-7-24-28-14-3-1-2-13(9-14)25-18-16(17(22)29)11-23-19(27-18)26-15(10-21)8-12-4-5-12/h1-3,6-7,9,11-12,15,20,28H,4-5,8,10,21H2,(H2,22,29)(H2,23,25,26,27)/b20-6?,24-7-. The first-order valence-electron chi connectivity index (χ1n) is 9.37. The van der Waals surface area contributed by atoms with Crippen molar-refractivity contribution in [2.24, 2.45) is 22.5 Å². The molecule has 0 spiro atoms. The smallest absolute Gasteiger partial charge is 0.254 e. The number of nitrogens with zero attached hydrogens (tertiary/aromatic N) is 3. The van der Waals surface area contributed by atoms with Crippen molar-refractivity contribution in [2.45, 2.75) is 25.3 Å². The van der Waals surface area contributed by atoms with Crippen LogP contribution in [0, 0.1) is 11.3 Å². The molecule has 1 aromatic carbocycles. The second-order valence-corrected chi connectivity index (χ2v) is 6.84. The van der Waals surface area contributed by atoms with Gasteiger partial charge in [-0.1, -0.05) is 18.9 Å². The lowest BCUT2D eigenvalue weighted by Crippen LogP contribution is -2.30. The molecule has 0 bridgehead atoms. The van der Waals surface area contributed by atoms with Crippen molar-refractivity contribution in [3.8, 4) is 0 Å². The highest BCUT2D eigenvalue weighted by Gasteiger charge is 2.25. The normalized spacial score (nSPS) is 14.4. The Morgan fingerprint density at radius 3 is 2.86 bits per heavy atom. The highest BCUT2D eigenvalue weighted by molar-refractivity contribution is 6.14. The molecular formula is C19H25N9O. The van der Waals surface area contributed by atoms with Gasteiger partial charge in [0.2, 0.25) is 5.95 Å². The third-order valence-electron chi connectivity index (χ3n) is 4.45. The zero-order valence-corrected chi connectivity index (χ0v) is 15.9. The van der Waals surface area contributed by atoms with Crippen LogP contribution in [0.4, 0.5) is 23.1 Å². The number of benzene rings is 1. The number of rotatable bonds is 11. The Morgan fingerprint density at radius 1 is 1.38 bits per heavy atom. The van der Waals surface area contributed by atoms with Gasteiger partial charge in [-0.25, -0.2) is 4.98 Å². The van der Waals surface area contributed by atoms with Crippen LogP contribution in [0.25, 0.3) is 0 Å². The maximum Gasteiger partial charge on any atom is 0.254 e. The summed E-state index contributed by atoms with van der Waals surface area (Å²) in [5, 5.41) is 17.2. The molecule has 10 heteroatoms. The average Bonchev–Trinajstić information content (AvgIpc) is 3.52. The van der Waals surface area contributed by atoms with Crippen LogP contribution in [-0.2, 0) is 0 Å². The summed E-state index contributed by atoms with van der Waals surface area (Å²) >= 11 is 0. The Balaban J connectivity index is 1.79. The number of amides is 1. The van der Waals surface area contributed by atoms with E-state index in [-0.39, 0.29) is 11.6 Å². The van der Waals surface area contributed by atoms with Gasteiger partial charge in [-0.3, -0.25) is 10.2 Å². The molecular weight excluding hydrogens is 370 g/mol. The number of carbonyl (C=O) groups is 1. The van der Waals surface area contributed by atoms with Crippen LogP contribution in [0.2, 0.25) is 0 Å². The van der Waals surface area contributed by atoms with Crippen molar-refractivity contribution in [2.75, 3.05) is 22.6 Å². The maximum atomic E-state index is 11.8. The van der Waals surface area contributed by atoms with E-state index >= 15 is 0 Å². The van der Waals surface area contributed by atoms with Crippen LogP contribution in [-0.4, -0.2) is 40.9 Å². The van der Waals surface area contributed by atoms with Gasteiger partial charge in [0, 0.05) is 30.7 Å². The Labute approximate surface area is 168 Å². The fourth-order valence-corrected chi connectivity index (χ4v) is 2.83. The summed E-state index contributed by atoms with van der Waals surface area (Å²) in [5.74, 6) is 0.775. The summed E-state index contributed by atoms with van der Waals surface area (Å²) < 4.78 is 0. The Hall–Kier alpha value is -3.53. The maximum absolute atomic E-state index is 11.8. The molecule has 1 aliphatic rings. The van der Waals surface area contributed by atoms with Gasteiger partial charge in [0.1, 0.15) is 11.4 Å². The number of hydrogen-bond donors (Lipinski definition) is 6. The molecule has 8 N–H and O–H groups in total. The van der Waals surface area contributed by atoms with E-state index in [0.717, 1.165) is 12.6 Å². The molecule has 1 fully saturated rings. The number of nitrogens with one attached hydrogen (secondary N) is 4. The fraction of sp³-hybridized carbons (Fsp3) is 0.316. The SMILES string of the molecule is N=C/C=N\Nc1cccc(Nc2nc(NC(CN)CC3CC3)ncc2C(N)=O)c1. The first kappa shape index (κ1) is 20.2. The van der Waals surface area contributed by atoms with Gasteiger partial charge in [-0.2, -0.15) is 10.1 Å². The van der Waals surface area contributed by atoms with Crippen molar-refractivity contribution >= 4 is 41.5 Å². The zero-order valence-electron chi connectivity index (χ0n) is 15.9. The predicted octanol–water partition coefficient (Wildman–Crippen LogP) is 1.91. The van der Waals surface area contributed by atoms with E-state index in [4.69, 9.17) is 16.9 Å². The third-order valence-corrected chi connectivity index (χ3v) is 4.45. The summed E-state index contributed by atoms with van der Waals surface area (Å²) in [4.78, 5) is 20.5. The van der Waals surface area contributed by atoms with Crippen LogP contribution in [0.3, 0.4) is 0 Å². The average molecular weight is 395 g/mol. The molecule has 0 saturated heterocycles. The Bertz CT molecular complexity index is 895. The molecule has 1 aromatic heterocycles. The Kier molecular flexibility index (Phi) is 6.69. The number of carbonyl (C=O) groups excluding carboxylic acids is 1. The summed E-state index contributed by atoms with van der Waals surface area (Å²) in [7, 11) is 0. The predicted molar refractivity (Wildman–Crippen MR) is 115 cm³/mol. The van der Waals surface area contributed by atoms with Crippen LogP contribution in [0.5, 0.6) is 0 Å². The lowest BCUT2D eigenvalue weighted by Gasteiger charge is -2.18. The van der Waals surface area contributed by atoms with E-state index in [9.17, 15) is 4.79 Å². The van der Waals surface area contributed by atoms with E-state index in [1.54, 1.807) is 6.07 Å². The van der Waals surface area contributed by atoms with E-state index in [0.29, 0.717) is 35.6 Å². The van der Waals surface area contributed by atoms with E-state index in [1.165, 1.54) is 25.3 Å². The highest BCUT2D eigenvalue weighted by atomic mass is 16.1. The van der Waals surface area contributed by atoms with Gasteiger partial charge in [0.15, 0.2) is 0 Å². The topological polar surface area (TPSA) is 167 Å². The molecule has 1 atom stereocenters. The highest BCUT2D eigenvalue weighted by Crippen LogP contribution is 2.34. The van der Waals surface area contributed by atoms with E-state index in [2.05, 4.69) is 31.1 Å². The molecule has 10 nitrogen and oxygen atoms in total. The number of primary amides is 1. The van der Waals surface area contributed by atoms with Gasteiger partial charge in [0.25, 0.3) is 5.91 Å². The molecule has 152 valence electrons. The van der Waals surface area contributed by atoms with Gasteiger partial charge >= 0.3 is 0 Å². The van der Waals surface area contributed by atoms with Crippen LogP contribution in [0.1, 0.15) is 29.6 Å². The number of nitrogens with two attached hydrogens (primary N) is 2. The quantitative estimate of drug-likeness (QED) is 0.249. The van der Waals surface area contributed by atoms with Gasteiger partial charge < -0.3 is 27.5 Å². The summed E-state index contributed by atoms with van der Waals surface area (Å²) in [5.41, 5.74) is 15.7. The van der Waals surface area contributed by atoms with Crippen molar-refractivity contribution in [1.29, 1.82) is 5.41 Å². The minimum atomic E-state index is -0.628. The molecule has 0 radical (unpaired) electrons. The van der Waals surface area contributed by atoms with E-state index < -0.39 is 5.91 Å². The zero-order chi connectivity index (χ0) is 20.6. The molecule has 3 rings (SSSR count). The number of hydrazone groups is 1. The lowest BCUT2D eigenvalue weighted by molar-refractivity contribution is 0.100. The monoisotopic (exact) mass is 395 g/mol. The van der Waals surface area contributed by atoms with Crippen molar-refractivity contribution in [3.63, 3.8) is 0 Å². The van der Waals surface area contributed by atoms with Crippen LogP contribution < -0.4 is 27.5 Å². The molecule has 2 aromatic rings. The molecule has 1 amide bonds. The summed E-state index contributed by atoms with van der Waals surface area (Å²) in [6, 6.07) is 7.32. The van der Waals surface area contributed by atoms with Gasteiger partial charge in [0.05, 0.1) is 11.9 Å². The van der Waals surface area contributed by atoms with Crippen molar-refractivity contribution in [3.05, 3.63) is 36.0 Å². The third kappa shape index (κ3) is 5.98. The number of anilines is 4. The van der Waals surface area contributed by atoms with E-state index in [1.807, 2.05) is 18.2 Å². The molecule has 0 aliphatic heterocycles. The molecule has 1 heterocycles. The van der Waals surface area contributed by atoms with Crippen LogP contribution in [0.15, 0.2) is 35.6 Å². The van der Waals surface area contributed by atoms with Crippen LogP contribution >= 0.6 is 0 Å². The lowest BCUT2D eigenvalue weighted by atomic mass is 10.1. The van der Waals surface area contributed by atoms with Gasteiger partial charge in [-0.05, 0) is 30.5 Å². The largest absolute Gasteiger partial charge is 0.365 e. The molecule has 29 heavy (non-hydrogen) atoms. The second kappa shape index (κ2) is 9.60. The minimum Gasteiger partial charge on any atom is -0.365 e. The first-order valence-corrected chi connectivity index (χ1v) is 9.37. The first-order chi connectivity index (χ1) is 14.1.